The quantitative estimate of drug-likeness (QED) is 0.634. The number of carbonyl (C=O) groups is 1. The molecular formula is C25H26N4O3. The minimum Gasteiger partial charge on any atom is -0.464 e. The summed E-state index contributed by atoms with van der Waals surface area (Å²) in [6, 6.07) is 10.1. The number of likely N-dealkylation sites (tertiary alicyclic amines) is 1. The lowest BCUT2D eigenvalue weighted by Gasteiger charge is -2.31. The maximum Gasteiger partial charge on any atom is 0.219 e. The fourth-order valence-corrected chi connectivity index (χ4v) is 4.20. The molecule has 0 atom stereocenters. The Morgan fingerprint density at radius 2 is 2.12 bits per heavy atom. The first kappa shape index (κ1) is 20.5. The van der Waals surface area contributed by atoms with Gasteiger partial charge in [-0.15, -0.1) is 0 Å². The average molecular weight is 431 g/mol. The number of piperidine rings is 1. The molecule has 1 fully saturated rings. The predicted octanol–water partition coefficient (Wildman–Crippen LogP) is 4.19. The number of fused-ring (bicyclic) bond motifs is 1. The molecule has 2 aliphatic rings. The van der Waals surface area contributed by atoms with Crippen LogP contribution in [0.5, 0.6) is 11.6 Å². The number of benzene rings is 1. The van der Waals surface area contributed by atoms with Crippen molar-refractivity contribution in [1.29, 1.82) is 0 Å². The van der Waals surface area contributed by atoms with E-state index in [4.69, 9.17) is 9.15 Å². The van der Waals surface area contributed by atoms with E-state index in [1.165, 1.54) is 0 Å². The third kappa shape index (κ3) is 4.43. The van der Waals surface area contributed by atoms with Gasteiger partial charge in [0.15, 0.2) is 0 Å². The summed E-state index contributed by atoms with van der Waals surface area (Å²) < 4.78 is 11.7. The van der Waals surface area contributed by atoms with Crippen molar-refractivity contribution >= 4 is 28.7 Å². The van der Waals surface area contributed by atoms with Crippen LogP contribution in [0.4, 0.5) is 0 Å². The van der Waals surface area contributed by atoms with Crippen LogP contribution in [0.15, 0.2) is 58.3 Å². The van der Waals surface area contributed by atoms with Crippen molar-refractivity contribution in [3.05, 3.63) is 60.0 Å². The van der Waals surface area contributed by atoms with E-state index < -0.39 is 0 Å². The van der Waals surface area contributed by atoms with Crippen LogP contribution in [0.2, 0.25) is 0 Å². The van der Waals surface area contributed by atoms with E-state index in [0.717, 1.165) is 60.1 Å². The normalized spacial score (nSPS) is 16.5. The maximum atomic E-state index is 11.5. The van der Waals surface area contributed by atoms with Crippen molar-refractivity contribution < 1.29 is 13.9 Å². The Morgan fingerprint density at radius 1 is 1.25 bits per heavy atom. The number of carbonyl (C=O) groups excluding carboxylic acids is 1. The molecule has 4 heterocycles. The second kappa shape index (κ2) is 8.96. The second-order valence-corrected chi connectivity index (χ2v) is 8.25. The van der Waals surface area contributed by atoms with Crippen molar-refractivity contribution in [2.45, 2.75) is 32.4 Å². The number of aliphatic imine (C=N–C) groups is 1. The van der Waals surface area contributed by atoms with E-state index in [9.17, 15) is 4.79 Å². The molecule has 0 bridgehead atoms. The van der Waals surface area contributed by atoms with Gasteiger partial charge in [-0.3, -0.25) is 9.79 Å². The Labute approximate surface area is 186 Å². The van der Waals surface area contributed by atoms with Crippen LogP contribution >= 0.6 is 0 Å². The molecule has 1 aromatic carbocycles. The first-order valence-corrected chi connectivity index (χ1v) is 11.0. The molecule has 164 valence electrons. The van der Waals surface area contributed by atoms with Crippen molar-refractivity contribution in [2.24, 2.45) is 4.99 Å². The molecule has 32 heavy (non-hydrogen) atoms. The minimum atomic E-state index is 0.161. The van der Waals surface area contributed by atoms with Gasteiger partial charge in [-0.2, -0.15) is 0 Å². The molecule has 1 amide bonds. The molecule has 0 saturated carbocycles. The highest BCUT2D eigenvalue weighted by atomic mass is 16.5. The highest BCUT2D eigenvalue weighted by molar-refractivity contribution is 5.89. The van der Waals surface area contributed by atoms with Gasteiger partial charge in [0.1, 0.15) is 11.3 Å². The first-order chi connectivity index (χ1) is 15.7. The zero-order chi connectivity index (χ0) is 21.9. The molecule has 2 aliphatic heterocycles. The number of allylic oxidation sites excluding steroid dienone is 1. The highest BCUT2D eigenvalue weighted by Gasteiger charge is 2.20. The van der Waals surface area contributed by atoms with E-state index in [2.05, 4.69) is 15.3 Å². The topological polar surface area (TPSA) is 80.0 Å². The number of rotatable bonds is 6. The Bertz CT molecular complexity index is 1170. The number of aromatic nitrogens is 1. The summed E-state index contributed by atoms with van der Waals surface area (Å²) in [5.74, 6) is 1.39. The smallest absolute Gasteiger partial charge is 0.219 e. The van der Waals surface area contributed by atoms with Crippen molar-refractivity contribution in [3.63, 3.8) is 0 Å². The molecule has 0 unspecified atom stereocenters. The lowest BCUT2D eigenvalue weighted by molar-refractivity contribution is -0.129. The second-order valence-electron chi connectivity index (χ2n) is 8.25. The third-order valence-electron chi connectivity index (χ3n) is 6.12. The van der Waals surface area contributed by atoms with Gasteiger partial charge in [0.05, 0.1) is 12.8 Å². The Morgan fingerprint density at radius 3 is 2.84 bits per heavy atom. The average Bonchev–Trinajstić information content (AvgIpc) is 3.49. The molecular weight excluding hydrogens is 404 g/mol. The summed E-state index contributed by atoms with van der Waals surface area (Å²) >= 11 is 0. The van der Waals surface area contributed by atoms with Crippen LogP contribution in [0.25, 0.3) is 16.5 Å². The highest BCUT2D eigenvalue weighted by Crippen LogP contribution is 2.29. The predicted molar refractivity (Wildman–Crippen MR) is 124 cm³/mol. The van der Waals surface area contributed by atoms with E-state index in [1.54, 1.807) is 13.2 Å². The monoisotopic (exact) mass is 430 g/mol. The molecule has 5 rings (SSSR count). The van der Waals surface area contributed by atoms with Gasteiger partial charge in [0.25, 0.3) is 0 Å². The van der Waals surface area contributed by atoms with Crippen molar-refractivity contribution in [1.82, 2.24) is 15.2 Å². The zero-order valence-electron chi connectivity index (χ0n) is 18.1. The molecule has 0 spiro atoms. The molecule has 7 heteroatoms. The van der Waals surface area contributed by atoms with Crippen LogP contribution in [0.1, 0.15) is 30.9 Å². The number of hydrogen-bond donors (Lipinski definition) is 1. The molecule has 7 nitrogen and oxygen atoms in total. The fourth-order valence-electron chi connectivity index (χ4n) is 4.20. The van der Waals surface area contributed by atoms with Gasteiger partial charge in [-0.25, -0.2) is 4.98 Å². The number of furan rings is 1. The number of pyridine rings is 1. The lowest BCUT2D eigenvalue weighted by atomic mass is 10.0. The van der Waals surface area contributed by atoms with Gasteiger partial charge in [-0.1, -0.05) is 0 Å². The molecule has 2 aromatic heterocycles. The van der Waals surface area contributed by atoms with Gasteiger partial charge < -0.3 is 19.4 Å². The standard InChI is InChI=1S/C25H26N4O3/c1-17(30)29-10-7-21(8-11-29)27-15-20-16-31-24-12-22(3-4-23(20)24)32-25-5-2-18(14-28-25)19-6-9-26-13-19/h2-6,9,12,14,16,21,27H,7-8,10-11,13,15H2,1H3. The van der Waals surface area contributed by atoms with Gasteiger partial charge >= 0.3 is 0 Å². The Kier molecular flexibility index (Phi) is 5.73. The summed E-state index contributed by atoms with van der Waals surface area (Å²) in [4.78, 5) is 22.0. The summed E-state index contributed by atoms with van der Waals surface area (Å²) in [5, 5.41) is 4.68. The van der Waals surface area contributed by atoms with E-state index in [1.807, 2.05) is 53.7 Å². The fraction of sp³-hybridized carbons (Fsp3) is 0.320. The number of ether oxygens (including phenoxy) is 1. The lowest BCUT2D eigenvalue weighted by Crippen LogP contribution is -2.43. The van der Waals surface area contributed by atoms with E-state index in [-0.39, 0.29) is 5.91 Å². The van der Waals surface area contributed by atoms with Crippen LogP contribution in [0, 0.1) is 0 Å². The van der Waals surface area contributed by atoms with Crippen LogP contribution in [0.3, 0.4) is 0 Å². The zero-order valence-corrected chi connectivity index (χ0v) is 18.1. The van der Waals surface area contributed by atoms with Crippen LogP contribution in [-0.2, 0) is 11.3 Å². The van der Waals surface area contributed by atoms with Gasteiger partial charge in [0.2, 0.25) is 11.8 Å². The molecule has 1 saturated heterocycles. The summed E-state index contributed by atoms with van der Waals surface area (Å²) in [6.07, 6.45) is 9.39. The molecule has 3 aromatic rings. The van der Waals surface area contributed by atoms with Crippen molar-refractivity contribution in [2.75, 3.05) is 19.6 Å². The van der Waals surface area contributed by atoms with E-state index in [0.29, 0.717) is 24.2 Å². The number of hydrogen-bond acceptors (Lipinski definition) is 6. The number of amides is 1. The third-order valence-corrected chi connectivity index (χ3v) is 6.12. The van der Waals surface area contributed by atoms with Gasteiger partial charge in [0, 0.05) is 68.1 Å². The molecule has 0 aliphatic carbocycles. The minimum absolute atomic E-state index is 0.161. The van der Waals surface area contributed by atoms with Crippen LogP contribution in [-0.4, -0.2) is 47.7 Å². The Hall–Kier alpha value is -3.45. The number of nitrogens with one attached hydrogen (secondary N) is 1. The number of nitrogens with zero attached hydrogens (tertiary/aromatic N) is 3. The van der Waals surface area contributed by atoms with Crippen molar-refractivity contribution in [3.8, 4) is 11.6 Å². The summed E-state index contributed by atoms with van der Waals surface area (Å²) in [6.45, 7) is 4.71. The molecule has 0 radical (unpaired) electrons. The van der Waals surface area contributed by atoms with Gasteiger partial charge in [-0.05, 0) is 48.3 Å². The maximum absolute atomic E-state index is 11.5. The van der Waals surface area contributed by atoms with Crippen LogP contribution < -0.4 is 10.1 Å². The molecule has 1 N–H and O–H groups in total. The largest absolute Gasteiger partial charge is 0.464 e. The first-order valence-electron chi connectivity index (χ1n) is 11.0. The summed E-state index contributed by atoms with van der Waals surface area (Å²) in [7, 11) is 0. The summed E-state index contributed by atoms with van der Waals surface area (Å²) in [5.41, 5.74) is 4.12. The SMILES string of the molecule is CC(=O)N1CCC(NCc2coc3cc(Oc4ccc(C5=CC=NC5)cn4)ccc23)CC1. The van der Waals surface area contributed by atoms with E-state index >= 15 is 0 Å². The Balaban J connectivity index is 1.20.